The van der Waals surface area contributed by atoms with Gasteiger partial charge in [0.15, 0.2) is 0 Å². The van der Waals surface area contributed by atoms with Crippen LogP contribution in [0.25, 0.3) is 0 Å². The van der Waals surface area contributed by atoms with Crippen molar-refractivity contribution in [1.82, 2.24) is 4.98 Å². The molecular formula is C23H25N3O. The summed E-state index contributed by atoms with van der Waals surface area (Å²) in [7, 11) is 4.06. The predicted octanol–water partition coefficient (Wildman–Crippen LogP) is 4.66. The van der Waals surface area contributed by atoms with Crippen LogP contribution in [0.2, 0.25) is 0 Å². The number of rotatable bonds is 6. The molecular weight excluding hydrogens is 334 g/mol. The van der Waals surface area contributed by atoms with E-state index in [-0.39, 0.29) is 5.92 Å². The molecule has 3 aromatic rings. The lowest BCUT2D eigenvalue weighted by Gasteiger charge is -2.20. The largest absolute Gasteiger partial charge is 0.411 e. The van der Waals surface area contributed by atoms with E-state index in [0.29, 0.717) is 5.71 Å². The van der Waals surface area contributed by atoms with Gasteiger partial charge < -0.3 is 10.1 Å². The van der Waals surface area contributed by atoms with Gasteiger partial charge in [-0.25, -0.2) is 0 Å². The highest BCUT2D eigenvalue weighted by Gasteiger charge is 2.22. The molecule has 0 aliphatic carbocycles. The molecule has 1 heterocycles. The zero-order valence-electron chi connectivity index (χ0n) is 16.0. The molecule has 138 valence electrons. The zero-order chi connectivity index (χ0) is 19.2. The monoisotopic (exact) mass is 359 g/mol. The van der Waals surface area contributed by atoms with E-state index in [4.69, 9.17) is 0 Å². The number of aromatic nitrogens is 1. The maximum Gasteiger partial charge on any atom is 0.0946 e. The third kappa shape index (κ3) is 4.53. The van der Waals surface area contributed by atoms with Crippen LogP contribution < -0.4 is 4.90 Å². The molecule has 1 atom stereocenters. The van der Waals surface area contributed by atoms with Crippen molar-refractivity contribution in [2.75, 3.05) is 19.0 Å². The Hall–Kier alpha value is -3.14. The summed E-state index contributed by atoms with van der Waals surface area (Å²) in [5, 5.41) is 13.5. The highest BCUT2D eigenvalue weighted by atomic mass is 16.4. The van der Waals surface area contributed by atoms with Gasteiger partial charge in [0.25, 0.3) is 0 Å². The van der Waals surface area contributed by atoms with E-state index in [0.717, 1.165) is 23.2 Å². The van der Waals surface area contributed by atoms with Crippen molar-refractivity contribution in [1.29, 1.82) is 0 Å². The van der Waals surface area contributed by atoms with Crippen LogP contribution in [0, 0.1) is 6.92 Å². The standard InChI is InChI=1S/C23H25N3O/c1-17-5-4-6-20(15-17)22(23(25-27)19-11-13-24-14-12-19)16-18-7-9-21(10-8-18)26(2)3/h4-15,22,27H,16H2,1-3H3/b25-23+. The first-order valence-corrected chi connectivity index (χ1v) is 9.03. The molecule has 0 radical (unpaired) electrons. The zero-order valence-corrected chi connectivity index (χ0v) is 16.0. The number of anilines is 1. The predicted molar refractivity (Wildman–Crippen MR) is 111 cm³/mol. The Morgan fingerprint density at radius 1 is 1.04 bits per heavy atom. The van der Waals surface area contributed by atoms with Crippen molar-refractivity contribution >= 4 is 11.4 Å². The summed E-state index contributed by atoms with van der Waals surface area (Å²) >= 11 is 0. The Morgan fingerprint density at radius 3 is 2.33 bits per heavy atom. The van der Waals surface area contributed by atoms with Crippen molar-refractivity contribution < 1.29 is 5.21 Å². The summed E-state index contributed by atoms with van der Waals surface area (Å²) < 4.78 is 0. The Morgan fingerprint density at radius 2 is 1.74 bits per heavy atom. The Bertz CT molecular complexity index is 902. The fraction of sp³-hybridized carbons (Fsp3) is 0.217. The highest BCUT2D eigenvalue weighted by molar-refractivity contribution is 6.04. The van der Waals surface area contributed by atoms with Crippen LogP contribution in [0.3, 0.4) is 0 Å². The third-order valence-corrected chi connectivity index (χ3v) is 4.75. The average molecular weight is 359 g/mol. The molecule has 0 aliphatic heterocycles. The first kappa shape index (κ1) is 18.6. The van der Waals surface area contributed by atoms with Crippen LogP contribution in [-0.2, 0) is 6.42 Å². The van der Waals surface area contributed by atoms with Gasteiger partial charge in [0, 0.05) is 43.7 Å². The fourth-order valence-electron chi connectivity index (χ4n) is 3.28. The van der Waals surface area contributed by atoms with Gasteiger partial charge in [0.1, 0.15) is 0 Å². The molecule has 3 rings (SSSR count). The van der Waals surface area contributed by atoms with Gasteiger partial charge in [-0.15, -0.1) is 0 Å². The van der Waals surface area contributed by atoms with E-state index >= 15 is 0 Å². The van der Waals surface area contributed by atoms with Crippen LogP contribution in [0.5, 0.6) is 0 Å². The molecule has 0 aliphatic rings. The average Bonchev–Trinajstić information content (AvgIpc) is 2.69. The number of nitrogens with zero attached hydrogens (tertiary/aromatic N) is 3. The van der Waals surface area contributed by atoms with Crippen LogP contribution in [-0.4, -0.2) is 30.0 Å². The molecule has 27 heavy (non-hydrogen) atoms. The van der Waals surface area contributed by atoms with Crippen LogP contribution >= 0.6 is 0 Å². The first-order chi connectivity index (χ1) is 13.1. The molecule has 0 spiro atoms. The maximum atomic E-state index is 9.84. The third-order valence-electron chi connectivity index (χ3n) is 4.75. The first-order valence-electron chi connectivity index (χ1n) is 9.03. The van der Waals surface area contributed by atoms with E-state index < -0.39 is 0 Å². The molecule has 1 unspecified atom stereocenters. The second kappa shape index (κ2) is 8.49. The van der Waals surface area contributed by atoms with Crippen LogP contribution in [0.1, 0.15) is 28.2 Å². The lowest BCUT2D eigenvalue weighted by atomic mass is 9.84. The quantitative estimate of drug-likeness (QED) is 0.395. The summed E-state index contributed by atoms with van der Waals surface area (Å²) in [6.45, 7) is 2.08. The Balaban J connectivity index is 1.99. The number of oxime groups is 1. The minimum Gasteiger partial charge on any atom is -0.411 e. The molecule has 0 saturated carbocycles. The summed E-state index contributed by atoms with van der Waals surface area (Å²) in [5.74, 6) is -0.0532. The molecule has 4 nitrogen and oxygen atoms in total. The second-order valence-electron chi connectivity index (χ2n) is 6.95. The number of hydrogen-bond donors (Lipinski definition) is 1. The number of pyridine rings is 1. The van der Waals surface area contributed by atoms with Crippen molar-refractivity contribution in [2.24, 2.45) is 5.16 Å². The van der Waals surface area contributed by atoms with E-state index in [1.54, 1.807) is 12.4 Å². The summed E-state index contributed by atoms with van der Waals surface area (Å²) in [6.07, 6.45) is 4.19. The van der Waals surface area contributed by atoms with Crippen molar-refractivity contribution in [3.05, 3.63) is 95.3 Å². The molecule has 0 fully saturated rings. The maximum absolute atomic E-state index is 9.84. The fourth-order valence-corrected chi connectivity index (χ4v) is 3.28. The minimum atomic E-state index is -0.0532. The van der Waals surface area contributed by atoms with Crippen LogP contribution in [0.4, 0.5) is 5.69 Å². The van der Waals surface area contributed by atoms with E-state index in [9.17, 15) is 5.21 Å². The molecule has 1 aromatic heterocycles. The molecule has 0 amide bonds. The molecule has 0 bridgehead atoms. The summed E-state index contributed by atoms with van der Waals surface area (Å²) in [6, 6.07) is 20.7. The van der Waals surface area contributed by atoms with E-state index in [1.807, 2.05) is 32.3 Å². The minimum absolute atomic E-state index is 0.0532. The second-order valence-corrected chi connectivity index (χ2v) is 6.95. The van der Waals surface area contributed by atoms with Gasteiger partial charge in [-0.3, -0.25) is 4.98 Å². The Labute approximate surface area is 160 Å². The van der Waals surface area contributed by atoms with E-state index in [1.165, 1.54) is 11.1 Å². The molecule has 1 N–H and O–H groups in total. The normalized spacial score (nSPS) is 12.6. The topological polar surface area (TPSA) is 48.7 Å². The molecule has 2 aromatic carbocycles. The lowest BCUT2D eigenvalue weighted by molar-refractivity contribution is 0.317. The lowest BCUT2D eigenvalue weighted by Crippen LogP contribution is -2.17. The number of aryl methyl sites for hydroxylation is 1. The van der Waals surface area contributed by atoms with Gasteiger partial charge in [-0.05, 0) is 48.7 Å². The van der Waals surface area contributed by atoms with Crippen LogP contribution in [0.15, 0.2) is 78.2 Å². The summed E-state index contributed by atoms with van der Waals surface area (Å²) in [4.78, 5) is 6.16. The SMILES string of the molecule is Cc1cccc(C(Cc2ccc(N(C)C)cc2)/C(=N/O)c2ccncc2)c1. The van der Waals surface area contributed by atoms with Gasteiger partial charge in [-0.1, -0.05) is 47.1 Å². The number of hydrogen-bond acceptors (Lipinski definition) is 4. The number of benzene rings is 2. The van der Waals surface area contributed by atoms with Crippen molar-refractivity contribution in [3.8, 4) is 0 Å². The summed E-state index contributed by atoms with van der Waals surface area (Å²) in [5.41, 5.74) is 6.21. The molecule has 4 heteroatoms. The smallest absolute Gasteiger partial charge is 0.0946 e. The highest BCUT2D eigenvalue weighted by Crippen LogP contribution is 2.27. The van der Waals surface area contributed by atoms with E-state index in [2.05, 4.69) is 64.4 Å². The Kier molecular flexibility index (Phi) is 5.87. The van der Waals surface area contributed by atoms with Gasteiger partial charge in [0.05, 0.1) is 5.71 Å². The van der Waals surface area contributed by atoms with Crippen molar-refractivity contribution in [2.45, 2.75) is 19.3 Å². The van der Waals surface area contributed by atoms with Crippen molar-refractivity contribution in [3.63, 3.8) is 0 Å². The van der Waals surface area contributed by atoms with Gasteiger partial charge in [-0.2, -0.15) is 0 Å². The van der Waals surface area contributed by atoms with Gasteiger partial charge >= 0.3 is 0 Å². The molecule has 0 saturated heterocycles. The van der Waals surface area contributed by atoms with Gasteiger partial charge in [0.2, 0.25) is 0 Å².